The molecular weight excluding hydrogens is 320 g/mol. The van der Waals surface area contributed by atoms with Gasteiger partial charge >= 0.3 is 10.0 Å². The van der Waals surface area contributed by atoms with Crippen LogP contribution in [0.25, 0.3) is 11.0 Å². The quantitative estimate of drug-likeness (QED) is 0.740. The number of sulfonamides is 1. The van der Waals surface area contributed by atoms with E-state index in [9.17, 15) is 13.2 Å². The SMILES string of the molecule is Cc1ccc2occ(CC(=O)NS(=O)(=O)c3n[nH]c(C)n3)c2c1. The van der Waals surface area contributed by atoms with Crippen LogP contribution in [0.3, 0.4) is 0 Å². The Balaban J connectivity index is 1.80. The smallest absolute Gasteiger partial charge is 0.301 e. The lowest BCUT2D eigenvalue weighted by molar-refractivity contribution is -0.118. The molecule has 2 heterocycles. The standard InChI is InChI=1S/C14H14N4O4S/c1-8-3-4-12-11(5-8)10(7-22-12)6-13(19)18-23(20,21)14-15-9(2)16-17-14/h3-5,7H,6H2,1-2H3,(H,18,19)(H,15,16,17). The van der Waals surface area contributed by atoms with Crippen molar-refractivity contribution < 1.29 is 17.6 Å². The summed E-state index contributed by atoms with van der Waals surface area (Å²) in [5.74, 6) is -0.342. The van der Waals surface area contributed by atoms with E-state index in [-0.39, 0.29) is 6.42 Å². The number of nitrogens with one attached hydrogen (secondary N) is 2. The molecule has 0 spiro atoms. The van der Waals surface area contributed by atoms with Gasteiger partial charge in [0.2, 0.25) is 5.91 Å². The molecule has 0 unspecified atom stereocenters. The van der Waals surface area contributed by atoms with Crippen LogP contribution in [0.15, 0.2) is 34.0 Å². The van der Waals surface area contributed by atoms with E-state index in [1.807, 2.05) is 23.8 Å². The van der Waals surface area contributed by atoms with Gasteiger partial charge in [-0.3, -0.25) is 9.89 Å². The van der Waals surface area contributed by atoms with Crippen LogP contribution in [-0.4, -0.2) is 29.5 Å². The average molecular weight is 334 g/mol. The summed E-state index contributed by atoms with van der Waals surface area (Å²) in [5.41, 5.74) is 2.28. The molecule has 1 amide bonds. The fraction of sp³-hybridized carbons (Fsp3) is 0.214. The molecule has 2 aromatic heterocycles. The van der Waals surface area contributed by atoms with Gasteiger partial charge in [0.15, 0.2) is 0 Å². The van der Waals surface area contributed by atoms with Crippen molar-refractivity contribution in [3.05, 3.63) is 41.4 Å². The van der Waals surface area contributed by atoms with E-state index in [0.717, 1.165) is 10.9 Å². The molecular formula is C14H14N4O4S. The predicted molar refractivity (Wildman–Crippen MR) is 81.1 cm³/mol. The molecule has 0 aliphatic rings. The Labute approximate surface area is 132 Å². The average Bonchev–Trinajstić information content (AvgIpc) is 3.06. The first-order valence-corrected chi connectivity index (χ1v) is 8.25. The third-order valence-electron chi connectivity index (χ3n) is 3.23. The summed E-state index contributed by atoms with van der Waals surface area (Å²) in [6, 6.07) is 5.58. The fourth-order valence-electron chi connectivity index (χ4n) is 2.18. The molecule has 1 aromatic carbocycles. The molecule has 0 saturated heterocycles. The van der Waals surface area contributed by atoms with Gasteiger partial charge in [0.05, 0.1) is 12.7 Å². The van der Waals surface area contributed by atoms with Gasteiger partial charge in [-0.25, -0.2) is 9.71 Å². The molecule has 23 heavy (non-hydrogen) atoms. The van der Waals surface area contributed by atoms with Crippen LogP contribution in [0.4, 0.5) is 0 Å². The first-order valence-electron chi connectivity index (χ1n) is 6.76. The molecule has 9 heteroatoms. The second-order valence-corrected chi connectivity index (χ2v) is 6.75. The van der Waals surface area contributed by atoms with Crippen molar-refractivity contribution >= 4 is 26.9 Å². The Morgan fingerprint density at radius 2 is 2.13 bits per heavy atom. The Morgan fingerprint density at radius 3 is 2.83 bits per heavy atom. The number of carbonyl (C=O) groups is 1. The Morgan fingerprint density at radius 1 is 1.35 bits per heavy atom. The highest BCUT2D eigenvalue weighted by atomic mass is 32.2. The number of amides is 1. The van der Waals surface area contributed by atoms with E-state index >= 15 is 0 Å². The minimum absolute atomic E-state index is 0.126. The summed E-state index contributed by atoms with van der Waals surface area (Å²) in [6.45, 7) is 3.49. The van der Waals surface area contributed by atoms with Crippen molar-refractivity contribution in [1.82, 2.24) is 19.9 Å². The third kappa shape index (κ3) is 3.09. The number of nitrogens with zero attached hydrogens (tertiary/aromatic N) is 2. The number of carbonyl (C=O) groups excluding carboxylic acids is 1. The van der Waals surface area contributed by atoms with Crippen LogP contribution in [0.5, 0.6) is 0 Å². The molecule has 0 radical (unpaired) electrons. The molecule has 0 bridgehead atoms. The number of benzene rings is 1. The second kappa shape index (κ2) is 5.51. The van der Waals surface area contributed by atoms with Crippen LogP contribution in [0.2, 0.25) is 0 Å². The lowest BCUT2D eigenvalue weighted by Gasteiger charge is -2.03. The van der Waals surface area contributed by atoms with Gasteiger partial charge in [-0.2, -0.15) is 8.42 Å². The number of aryl methyl sites for hydroxylation is 2. The molecule has 0 atom stereocenters. The maximum atomic E-state index is 12.0. The highest BCUT2D eigenvalue weighted by Gasteiger charge is 2.23. The van der Waals surface area contributed by atoms with Crippen molar-refractivity contribution in [2.45, 2.75) is 25.4 Å². The maximum absolute atomic E-state index is 12.0. The topological polar surface area (TPSA) is 118 Å². The number of fused-ring (bicyclic) bond motifs is 1. The summed E-state index contributed by atoms with van der Waals surface area (Å²) in [4.78, 5) is 15.7. The highest BCUT2D eigenvalue weighted by molar-refractivity contribution is 7.89. The highest BCUT2D eigenvalue weighted by Crippen LogP contribution is 2.22. The molecule has 3 aromatic rings. The van der Waals surface area contributed by atoms with Gasteiger partial charge in [0.1, 0.15) is 11.4 Å². The zero-order valence-electron chi connectivity index (χ0n) is 12.5. The van der Waals surface area contributed by atoms with Gasteiger partial charge in [-0.1, -0.05) is 11.6 Å². The normalized spacial score (nSPS) is 11.7. The van der Waals surface area contributed by atoms with E-state index in [1.165, 1.54) is 6.26 Å². The van der Waals surface area contributed by atoms with Gasteiger partial charge in [0.25, 0.3) is 5.16 Å². The Hall–Kier alpha value is -2.68. The van der Waals surface area contributed by atoms with Crippen molar-refractivity contribution in [3.8, 4) is 0 Å². The fourth-order valence-corrected chi connectivity index (χ4v) is 3.07. The summed E-state index contributed by atoms with van der Waals surface area (Å²) in [6.07, 6.45) is 1.33. The van der Waals surface area contributed by atoms with Gasteiger partial charge in [-0.15, -0.1) is 5.10 Å². The largest absolute Gasteiger partial charge is 0.464 e. The zero-order chi connectivity index (χ0) is 16.6. The van der Waals surface area contributed by atoms with Crippen molar-refractivity contribution in [2.75, 3.05) is 0 Å². The van der Waals surface area contributed by atoms with E-state index in [0.29, 0.717) is 17.0 Å². The molecule has 3 rings (SSSR count). The van der Waals surface area contributed by atoms with E-state index in [4.69, 9.17) is 4.42 Å². The number of aromatic nitrogens is 3. The summed E-state index contributed by atoms with van der Waals surface area (Å²) in [7, 11) is -4.09. The number of H-pyrrole nitrogens is 1. The Bertz CT molecular complexity index is 987. The van der Waals surface area contributed by atoms with Crippen LogP contribution in [0.1, 0.15) is 17.0 Å². The van der Waals surface area contributed by atoms with Crippen LogP contribution in [0, 0.1) is 13.8 Å². The third-order valence-corrected chi connectivity index (χ3v) is 4.39. The summed E-state index contributed by atoms with van der Waals surface area (Å²) < 4.78 is 31.3. The summed E-state index contributed by atoms with van der Waals surface area (Å²) >= 11 is 0. The second-order valence-electron chi connectivity index (χ2n) is 5.17. The lowest BCUT2D eigenvalue weighted by Crippen LogP contribution is -2.32. The number of hydrogen-bond acceptors (Lipinski definition) is 6. The minimum Gasteiger partial charge on any atom is -0.464 e. The van der Waals surface area contributed by atoms with Gasteiger partial charge in [-0.05, 0) is 26.0 Å². The number of furan rings is 1. The number of hydrogen-bond donors (Lipinski definition) is 2. The molecule has 0 aliphatic carbocycles. The predicted octanol–water partition coefficient (Wildman–Crippen LogP) is 1.22. The lowest BCUT2D eigenvalue weighted by atomic mass is 10.1. The van der Waals surface area contributed by atoms with Crippen molar-refractivity contribution in [2.24, 2.45) is 0 Å². The molecule has 0 fully saturated rings. The maximum Gasteiger partial charge on any atom is 0.301 e. The van der Waals surface area contributed by atoms with Crippen molar-refractivity contribution in [3.63, 3.8) is 0 Å². The molecule has 0 aliphatic heterocycles. The van der Waals surface area contributed by atoms with Crippen LogP contribution >= 0.6 is 0 Å². The molecule has 2 N–H and O–H groups in total. The summed E-state index contributed by atoms with van der Waals surface area (Å²) in [5, 5.41) is 6.28. The van der Waals surface area contributed by atoms with Crippen LogP contribution in [-0.2, 0) is 21.2 Å². The van der Waals surface area contributed by atoms with Crippen molar-refractivity contribution in [1.29, 1.82) is 0 Å². The minimum atomic E-state index is -4.09. The number of aromatic amines is 1. The first-order chi connectivity index (χ1) is 10.8. The van der Waals surface area contributed by atoms with Gasteiger partial charge in [0, 0.05) is 10.9 Å². The Kier molecular flexibility index (Phi) is 3.64. The monoisotopic (exact) mass is 334 g/mol. The zero-order valence-corrected chi connectivity index (χ0v) is 13.3. The van der Waals surface area contributed by atoms with E-state index < -0.39 is 21.1 Å². The van der Waals surface area contributed by atoms with E-state index in [2.05, 4.69) is 15.2 Å². The van der Waals surface area contributed by atoms with Gasteiger partial charge < -0.3 is 4.42 Å². The van der Waals surface area contributed by atoms with E-state index in [1.54, 1.807) is 13.0 Å². The molecule has 120 valence electrons. The van der Waals surface area contributed by atoms with Crippen LogP contribution < -0.4 is 4.72 Å². The molecule has 8 nitrogen and oxygen atoms in total. The number of rotatable bonds is 4. The first kappa shape index (κ1) is 15.2. The molecule has 0 saturated carbocycles.